The van der Waals surface area contributed by atoms with Gasteiger partial charge in [0.1, 0.15) is 17.5 Å². The number of pyridine rings is 1. The average molecular weight is 479 g/mol. The van der Waals surface area contributed by atoms with E-state index in [4.69, 9.17) is 32.7 Å². The highest BCUT2D eigenvalue weighted by Gasteiger charge is 2.30. The number of rotatable bonds is 4. The Morgan fingerprint density at radius 3 is 2.27 bits per heavy atom. The largest absolute Gasteiger partial charge is 0.495 e. The van der Waals surface area contributed by atoms with Crippen molar-refractivity contribution in [1.29, 1.82) is 0 Å². The van der Waals surface area contributed by atoms with Crippen molar-refractivity contribution in [2.75, 3.05) is 25.7 Å². The van der Waals surface area contributed by atoms with E-state index in [0.29, 0.717) is 27.4 Å². The van der Waals surface area contributed by atoms with Gasteiger partial charge in [0.05, 0.1) is 23.3 Å². The first kappa shape index (κ1) is 21.6. The van der Waals surface area contributed by atoms with Crippen LogP contribution in [0.1, 0.15) is 17.0 Å². The number of halogens is 2. The number of anilines is 1. The Morgan fingerprint density at radius 2 is 1.64 bits per heavy atom. The highest BCUT2D eigenvalue weighted by atomic mass is 35.5. The monoisotopic (exact) mass is 478 g/mol. The molecular formula is C26H20Cl2N2O3. The fraction of sp³-hybridized carbons (Fsp3) is 0.154. The Labute approximate surface area is 201 Å². The molecule has 5 rings (SSSR count). The molecule has 0 saturated heterocycles. The van der Waals surface area contributed by atoms with Gasteiger partial charge in [0.2, 0.25) is 0 Å². The maximum Gasteiger partial charge on any atom is 0.414 e. The fourth-order valence-electron chi connectivity index (χ4n) is 4.39. The molecule has 0 aliphatic heterocycles. The lowest BCUT2D eigenvalue weighted by Crippen LogP contribution is -2.29. The number of ether oxygens (including phenoxy) is 2. The molecule has 1 heterocycles. The lowest BCUT2D eigenvalue weighted by atomic mass is 9.98. The number of carbonyl (C=O) groups is 1. The molecule has 0 N–H and O–H groups in total. The molecule has 1 aliphatic carbocycles. The molecule has 166 valence electrons. The molecule has 1 aliphatic rings. The molecule has 0 unspecified atom stereocenters. The number of hydrogen-bond acceptors (Lipinski definition) is 4. The van der Waals surface area contributed by atoms with Gasteiger partial charge in [0.15, 0.2) is 0 Å². The van der Waals surface area contributed by atoms with Gasteiger partial charge in [-0.1, -0.05) is 71.7 Å². The van der Waals surface area contributed by atoms with Gasteiger partial charge in [-0.3, -0.25) is 4.90 Å². The molecule has 0 spiro atoms. The minimum atomic E-state index is -0.498. The zero-order valence-electron chi connectivity index (χ0n) is 18.0. The minimum absolute atomic E-state index is 0.0208. The van der Waals surface area contributed by atoms with Crippen LogP contribution in [0.3, 0.4) is 0 Å². The van der Waals surface area contributed by atoms with Gasteiger partial charge in [-0.2, -0.15) is 0 Å². The van der Waals surface area contributed by atoms with Gasteiger partial charge in [-0.15, -0.1) is 0 Å². The molecule has 0 radical (unpaired) electrons. The maximum absolute atomic E-state index is 13.0. The molecule has 1 amide bonds. The van der Waals surface area contributed by atoms with Gasteiger partial charge in [0, 0.05) is 18.4 Å². The first-order valence-corrected chi connectivity index (χ1v) is 11.2. The van der Waals surface area contributed by atoms with Gasteiger partial charge >= 0.3 is 6.09 Å². The molecule has 0 bridgehead atoms. The van der Waals surface area contributed by atoms with Crippen LogP contribution in [0.15, 0.2) is 66.7 Å². The Balaban J connectivity index is 1.42. The van der Waals surface area contributed by atoms with E-state index < -0.39 is 6.09 Å². The van der Waals surface area contributed by atoms with Crippen molar-refractivity contribution >= 4 is 45.9 Å². The summed E-state index contributed by atoms with van der Waals surface area (Å²) in [5.41, 5.74) is 5.74. The number of fused-ring (bicyclic) bond motifs is 4. The first-order valence-electron chi connectivity index (χ1n) is 10.4. The summed E-state index contributed by atoms with van der Waals surface area (Å²) in [6.07, 6.45) is -0.498. The fourth-order valence-corrected chi connectivity index (χ4v) is 4.90. The highest BCUT2D eigenvalue weighted by molar-refractivity contribution is 6.37. The second-order valence-corrected chi connectivity index (χ2v) is 8.63. The molecule has 7 heteroatoms. The zero-order chi connectivity index (χ0) is 23.1. The average Bonchev–Trinajstić information content (AvgIpc) is 3.15. The molecule has 0 saturated carbocycles. The summed E-state index contributed by atoms with van der Waals surface area (Å²) in [6.45, 7) is 0.225. The van der Waals surface area contributed by atoms with Crippen molar-refractivity contribution in [1.82, 2.24) is 4.98 Å². The summed E-state index contributed by atoms with van der Waals surface area (Å²) in [7, 11) is 3.17. The summed E-state index contributed by atoms with van der Waals surface area (Å²) in [5, 5.41) is 1.41. The van der Waals surface area contributed by atoms with Crippen LogP contribution < -0.4 is 9.64 Å². The third-order valence-corrected chi connectivity index (χ3v) is 6.51. The summed E-state index contributed by atoms with van der Waals surface area (Å²) in [4.78, 5) is 18.8. The first-order chi connectivity index (χ1) is 16.0. The molecule has 33 heavy (non-hydrogen) atoms. The van der Waals surface area contributed by atoms with Gasteiger partial charge in [-0.25, -0.2) is 9.78 Å². The number of nitrogens with zero attached hydrogens (tertiary/aromatic N) is 2. The van der Waals surface area contributed by atoms with Crippen LogP contribution in [0.5, 0.6) is 5.75 Å². The lowest BCUT2D eigenvalue weighted by Gasteiger charge is -2.22. The van der Waals surface area contributed by atoms with E-state index in [0.717, 1.165) is 11.1 Å². The second kappa shape index (κ2) is 8.58. The maximum atomic E-state index is 13.0. The number of hydrogen-bond donors (Lipinski definition) is 0. The number of amides is 1. The SMILES string of the molecule is COc1cc2c(Cl)cc(Cl)nc2cc1N(C)C(=O)OCC1c2ccccc2-c2ccccc21. The molecule has 3 aromatic carbocycles. The summed E-state index contributed by atoms with van der Waals surface area (Å²) in [6, 6.07) is 21.5. The van der Waals surface area contributed by atoms with Crippen LogP contribution in [0.2, 0.25) is 10.2 Å². The van der Waals surface area contributed by atoms with E-state index in [-0.39, 0.29) is 17.7 Å². The van der Waals surface area contributed by atoms with Crippen LogP contribution in [0.25, 0.3) is 22.0 Å². The van der Waals surface area contributed by atoms with Crippen molar-refractivity contribution < 1.29 is 14.3 Å². The van der Waals surface area contributed by atoms with E-state index in [1.165, 1.54) is 23.1 Å². The van der Waals surface area contributed by atoms with Crippen LogP contribution >= 0.6 is 23.2 Å². The van der Waals surface area contributed by atoms with Crippen molar-refractivity contribution in [3.05, 3.63) is 88.0 Å². The second-order valence-electron chi connectivity index (χ2n) is 7.83. The molecule has 5 nitrogen and oxygen atoms in total. The standard InChI is InChI=1S/C26H20Cl2N2O3/c1-30(23-13-22-19(11-24(23)32-2)21(27)12-25(28)29-22)26(31)33-14-20-17-9-5-3-7-15(17)16-8-4-6-10-18(16)20/h3-13,20H,14H2,1-2H3. The normalized spacial score (nSPS) is 12.4. The topological polar surface area (TPSA) is 51.7 Å². The van der Waals surface area contributed by atoms with Crippen molar-refractivity contribution in [2.45, 2.75) is 5.92 Å². The third-order valence-electron chi connectivity index (χ3n) is 6.00. The number of carbonyl (C=O) groups excluding carboxylic acids is 1. The zero-order valence-corrected chi connectivity index (χ0v) is 19.5. The number of benzene rings is 3. The quantitative estimate of drug-likeness (QED) is 0.298. The Morgan fingerprint density at radius 1 is 1.00 bits per heavy atom. The number of aromatic nitrogens is 1. The summed E-state index contributed by atoms with van der Waals surface area (Å²) < 4.78 is 11.3. The minimum Gasteiger partial charge on any atom is -0.495 e. The summed E-state index contributed by atoms with van der Waals surface area (Å²) >= 11 is 12.4. The van der Waals surface area contributed by atoms with E-state index >= 15 is 0 Å². The van der Waals surface area contributed by atoms with E-state index in [1.54, 1.807) is 25.2 Å². The Bertz CT molecular complexity index is 1340. The smallest absolute Gasteiger partial charge is 0.414 e. The molecule has 1 aromatic heterocycles. The van der Waals surface area contributed by atoms with E-state index in [9.17, 15) is 4.79 Å². The van der Waals surface area contributed by atoms with Crippen LogP contribution in [-0.4, -0.2) is 31.8 Å². The molecule has 4 aromatic rings. The van der Waals surface area contributed by atoms with E-state index in [2.05, 4.69) is 29.2 Å². The van der Waals surface area contributed by atoms with Gasteiger partial charge < -0.3 is 9.47 Å². The lowest BCUT2D eigenvalue weighted by molar-refractivity contribution is 0.151. The van der Waals surface area contributed by atoms with Crippen molar-refractivity contribution in [2.24, 2.45) is 0 Å². The van der Waals surface area contributed by atoms with E-state index in [1.807, 2.05) is 24.3 Å². The molecular weight excluding hydrogens is 459 g/mol. The van der Waals surface area contributed by atoms with Gasteiger partial charge in [-0.05, 0) is 40.5 Å². The van der Waals surface area contributed by atoms with Crippen LogP contribution in [0, 0.1) is 0 Å². The summed E-state index contributed by atoms with van der Waals surface area (Å²) in [5.74, 6) is 0.456. The highest BCUT2D eigenvalue weighted by Crippen LogP contribution is 2.44. The van der Waals surface area contributed by atoms with Crippen molar-refractivity contribution in [3.8, 4) is 16.9 Å². The predicted octanol–water partition coefficient (Wildman–Crippen LogP) is 6.94. The molecule has 0 fully saturated rings. The number of methoxy groups -OCH3 is 1. The van der Waals surface area contributed by atoms with Crippen LogP contribution in [-0.2, 0) is 4.74 Å². The third kappa shape index (κ3) is 3.77. The van der Waals surface area contributed by atoms with Crippen LogP contribution in [0.4, 0.5) is 10.5 Å². The Hall–Kier alpha value is -3.28. The predicted molar refractivity (Wildman–Crippen MR) is 132 cm³/mol. The van der Waals surface area contributed by atoms with Crippen molar-refractivity contribution in [3.63, 3.8) is 0 Å². The van der Waals surface area contributed by atoms with Gasteiger partial charge in [0.25, 0.3) is 0 Å². The Kier molecular flexibility index (Phi) is 5.60. The molecule has 0 atom stereocenters.